The SMILES string of the molecule is CNC(=O)CNC(=O)CN1C(=O)N[C@@]2(CCCCc3ccccc32)C1=O. The Morgan fingerprint density at radius 3 is 2.73 bits per heavy atom. The highest BCUT2D eigenvalue weighted by Crippen LogP contribution is 2.38. The molecule has 1 aromatic rings. The molecular formula is C18H22N4O4. The number of fused-ring (bicyclic) bond motifs is 2. The molecule has 0 saturated carbocycles. The van der Waals surface area contributed by atoms with Gasteiger partial charge in [-0.25, -0.2) is 4.79 Å². The topological polar surface area (TPSA) is 108 Å². The van der Waals surface area contributed by atoms with Gasteiger partial charge in [-0.2, -0.15) is 0 Å². The van der Waals surface area contributed by atoms with Crippen molar-refractivity contribution in [3.63, 3.8) is 0 Å². The summed E-state index contributed by atoms with van der Waals surface area (Å²) in [6, 6.07) is 7.03. The van der Waals surface area contributed by atoms with Crippen molar-refractivity contribution in [1.82, 2.24) is 20.9 Å². The van der Waals surface area contributed by atoms with Crippen molar-refractivity contribution in [2.24, 2.45) is 0 Å². The third-order valence-electron chi connectivity index (χ3n) is 4.93. The van der Waals surface area contributed by atoms with Crippen LogP contribution in [0.4, 0.5) is 4.79 Å². The highest BCUT2D eigenvalue weighted by atomic mass is 16.2. The first kappa shape index (κ1) is 17.9. The number of urea groups is 1. The van der Waals surface area contributed by atoms with E-state index < -0.39 is 29.9 Å². The lowest BCUT2D eigenvalue weighted by Gasteiger charge is -2.27. The van der Waals surface area contributed by atoms with Gasteiger partial charge >= 0.3 is 6.03 Å². The summed E-state index contributed by atoms with van der Waals surface area (Å²) in [6.45, 7) is -0.613. The van der Waals surface area contributed by atoms with Crippen LogP contribution in [0.25, 0.3) is 0 Å². The molecule has 2 aliphatic rings. The smallest absolute Gasteiger partial charge is 0.325 e. The highest BCUT2D eigenvalue weighted by molar-refractivity contribution is 6.09. The van der Waals surface area contributed by atoms with Crippen LogP contribution in [0.1, 0.15) is 30.4 Å². The maximum Gasteiger partial charge on any atom is 0.325 e. The van der Waals surface area contributed by atoms with Crippen LogP contribution < -0.4 is 16.0 Å². The second kappa shape index (κ2) is 7.15. The van der Waals surface area contributed by atoms with Crippen LogP contribution in [0.2, 0.25) is 0 Å². The Balaban J connectivity index is 1.81. The number of aryl methyl sites for hydroxylation is 1. The van der Waals surface area contributed by atoms with Gasteiger partial charge in [0.25, 0.3) is 5.91 Å². The first-order chi connectivity index (χ1) is 12.5. The Bertz CT molecular complexity index is 763. The van der Waals surface area contributed by atoms with Gasteiger partial charge in [-0.3, -0.25) is 19.3 Å². The molecule has 8 heteroatoms. The van der Waals surface area contributed by atoms with Gasteiger partial charge < -0.3 is 16.0 Å². The lowest BCUT2D eigenvalue weighted by Crippen LogP contribution is -2.46. The normalized spacial score (nSPS) is 21.8. The largest absolute Gasteiger partial charge is 0.358 e. The summed E-state index contributed by atoms with van der Waals surface area (Å²) >= 11 is 0. The van der Waals surface area contributed by atoms with Gasteiger partial charge in [-0.1, -0.05) is 24.3 Å². The fraction of sp³-hybridized carbons (Fsp3) is 0.444. The number of nitrogens with zero attached hydrogens (tertiary/aromatic N) is 1. The average molecular weight is 358 g/mol. The van der Waals surface area contributed by atoms with Crippen molar-refractivity contribution in [2.45, 2.75) is 31.2 Å². The standard InChI is InChI=1S/C18H22N4O4/c1-19-14(23)10-20-15(24)11-22-16(25)18(21-17(22)26)9-5-4-7-12-6-2-3-8-13(12)18/h2-3,6,8H,4-5,7,9-11H2,1H3,(H,19,23)(H,20,24)(H,21,26)/t18-/m1/s1. The van der Waals surface area contributed by atoms with E-state index in [2.05, 4.69) is 16.0 Å². The van der Waals surface area contributed by atoms with E-state index >= 15 is 0 Å². The molecule has 5 amide bonds. The molecule has 1 fully saturated rings. The van der Waals surface area contributed by atoms with E-state index in [1.54, 1.807) is 0 Å². The number of imide groups is 1. The van der Waals surface area contributed by atoms with Crippen LogP contribution >= 0.6 is 0 Å². The average Bonchev–Trinajstić information content (AvgIpc) is 2.79. The summed E-state index contributed by atoms with van der Waals surface area (Å²) in [5.41, 5.74) is 0.749. The van der Waals surface area contributed by atoms with E-state index in [1.165, 1.54) is 7.05 Å². The van der Waals surface area contributed by atoms with Gasteiger partial charge in [-0.15, -0.1) is 0 Å². The summed E-state index contributed by atoms with van der Waals surface area (Å²) in [5, 5.41) is 7.61. The van der Waals surface area contributed by atoms with Gasteiger partial charge in [0.15, 0.2) is 0 Å². The van der Waals surface area contributed by atoms with E-state index in [4.69, 9.17) is 0 Å². The van der Waals surface area contributed by atoms with Gasteiger partial charge in [0.05, 0.1) is 6.54 Å². The predicted octanol–water partition coefficient (Wildman–Crippen LogP) is 0.0223. The fourth-order valence-electron chi connectivity index (χ4n) is 3.58. The molecule has 1 atom stereocenters. The summed E-state index contributed by atoms with van der Waals surface area (Å²) < 4.78 is 0. The molecule has 1 spiro atoms. The van der Waals surface area contributed by atoms with Crippen molar-refractivity contribution in [2.75, 3.05) is 20.1 Å². The minimum Gasteiger partial charge on any atom is -0.358 e. The number of rotatable bonds is 4. The zero-order chi connectivity index (χ0) is 18.7. The fourth-order valence-corrected chi connectivity index (χ4v) is 3.58. The molecule has 1 heterocycles. The van der Waals surface area contributed by atoms with Crippen LogP contribution in [0.5, 0.6) is 0 Å². The molecule has 1 saturated heterocycles. The molecule has 8 nitrogen and oxygen atoms in total. The molecule has 3 N–H and O–H groups in total. The first-order valence-electron chi connectivity index (χ1n) is 8.68. The predicted molar refractivity (Wildman–Crippen MR) is 93.0 cm³/mol. The maximum atomic E-state index is 13.1. The molecule has 138 valence electrons. The van der Waals surface area contributed by atoms with Gasteiger partial charge in [0.1, 0.15) is 12.1 Å². The number of carbonyl (C=O) groups excluding carboxylic acids is 4. The monoisotopic (exact) mass is 358 g/mol. The zero-order valence-corrected chi connectivity index (χ0v) is 14.6. The van der Waals surface area contributed by atoms with Crippen molar-refractivity contribution < 1.29 is 19.2 Å². The van der Waals surface area contributed by atoms with Crippen molar-refractivity contribution in [3.8, 4) is 0 Å². The second-order valence-corrected chi connectivity index (χ2v) is 6.54. The molecule has 1 aliphatic heterocycles. The molecule has 3 rings (SSSR count). The summed E-state index contributed by atoms with van der Waals surface area (Å²) in [4.78, 5) is 49.7. The molecule has 0 radical (unpaired) electrons. The number of likely N-dealkylation sites (N-methyl/N-ethyl adjacent to an activating group) is 1. The Kier molecular flexibility index (Phi) is 4.92. The number of hydrogen-bond donors (Lipinski definition) is 3. The van der Waals surface area contributed by atoms with Crippen LogP contribution in [-0.2, 0) is 26.3 Å². The number of hydrogen-bond acceptors (Lipinski definition) is 4. The number of amides is 5. The van der Waals surface area contributed by atoms with E-state index in [0.29, 0.717) is 6.42 Å². The Morgan fingerprint density at radius 1 is 1.19 bits per heavy atom. The Labute approximate surface area is 151 Å². The molecule has 1 aromatic carbocycles. The van der Waals surface area contributed by atoms with Gasteiger partial charge in [0, 0.05) is 7.05 Å². The molecule has 0 bridgehead atoms. The van der Waals surface area contributed by atoms with Crippen molar-refractivity contribution >= 4 is 23.8 Å². The number of benzene rings is 1. The maximum absolute atomic E-state index is 13.1. The quantitative estimate of drug-likeness (QED) is 0.660. The summed E-state index contributed by atoms with van der Waals surface area (Å²) in [6.07, 6.45) is 3.10. The minimum atomic E-state index is -1.11. The Morgan fingerprint density at radius 2 is 1.96 bits per heavy atom. The van der Waals surface area contributed by atoms with Crippen molar-refractivity contribution in [3.05, 3.63) is 35.4 Å². The van der Waals surface area contributed by atoms with E-state index in [1.807, 2.05) is 24.3 Å². The van der Waals surface area contributed by atoms with E-state index in [9.17, 15) is 19.2 Å². The third kappa shape index (κ3) is 3.14. The third-order valence-corrected chi connectivity index (χ3v) is 4.93. The number of carbonyl (C=O) groups is 4. The highest BCUT2D eigenvalue weighted by Gasteiger charge is 2.53. The van der Waals surface area contributed by atoms with E-state index in [-0.39, 0.29) is 12.5 Å². The first-order valence-corrected chi connectivity index (χ1v) is 8.68. The molecule has 0 aromatic heterocycles. The summed E-state index contributed by atoms with van der Waals surface area (Å²) in [7, 11) is 1.46. The lowest BCUT2D eigenvalue weighted by atomic mass is 9.84. The van der Waals surface area contributed by atoms with Crippen LogP contribution in [0.15, 0.2) is 24.3 Å². The van der Waals surface area contributed by atoms with Crippen molar-refractivity contribution in [1.29, 1.82) is 0 Å². The molecule has 1 aliphatic carbocycles. The van der Waals surface area contributed by atoms with Crippen LogP contribution in [0.3, 0.4) is 0 Å². The lowest BCUT2D eigenvalue weighted by molar-refractivity contribution is -0.135. The van der Waals surface area contributed by atoms with Gasteiger partial charge in [0.2, 0.25) is 11.8 Å². The summed E-state index contributed by atoms with van der Waals surface area (Å²) in [5.74, 6) is -1.33. The molecule has 0 unspecified atom stereocenters. The van der Waals surface area contributed by atoms with E-state index in [0.717, 1.165) is 35.3 Å². The number of nitrogens with one attached hydrogen (secondary N) is 3. The molecule has 26 heavy (non-hydrogen) atoms. The van der Waals surface area contributed by atoms with Crippen LogP contribution in [0, 0.1) is 0 Å². The van der Waals surface area contributed by atoms with Crippen LogP contribution in [-0.4, -0.2) is 48.8 Å². The zero-order valence-electron chi connectivity index (χ0n) is 14.6. The molecular weight excluding hydrogens is 336 g/mol. The minimum absolute atomic E-state index is 0.201. The Hall–Kier alpha value is -2.90. The van der Waals surface area contributed by atoms with Gasteiger partial charge in [-0.05, 0) is 36.8 Å². The second-order valence-electron chi connectivity index (χ2n) is 6.54.